The van der Waals surface area contributed by atoms with Crippen molar-refractivity contribution < 1.29 is 8.95 Å². The predicted octanol–water partition coefficient (Wildman–Crippen LogP) is 1.55. The van der Waals surface area contributed by atoms with Crippen molar-refractivity contribution in [2.75, 3.05) is 19.8 Å². The summed E-state index contributed by atoms with van der Waals surface area (Å²) in [6.45, 7) is 10.8. The van der Waals surface area contributed by atoms with Gasteiger partial charge in [-0.3, -0.25) is 4.21 Å². The summed E-state index contributed by atoms with van der Waals surface area (Å²) < 4.78 is 17.9. The molecule has 0 radical (unpaired) electrons. The van der Waals surface area contributed by atoms with E-state index < -0.39 is 10.8 Å². The van der Waals surface area contributed by atoms with Crippen molar-refractivity contribution >= 4 is 10.8 Å². The highest BCUT2D eigenvalue weighted by atomic mass is 32.2. The fourth-order valence-electron chi connectivity index (χ4n) is 1.98. The van der Waals surface area contributed by atoms with Gasteiger partial charge < -0.3 is 10.1 Å². The van der Waals surface area contributed by atoms with Gasteiger partial charge in [-0.25, -0.2) is 0 Å². The average Bonchev–Trinajstić information content (AvgIpc) is 2.28. The SMILES string of the molecule is CCNC1CCOCC1S(=O)C(C)C(C)C. The Hall–Kier alpha value is 0.0700. The van der Waals surface area contributed by atoms with Gasteiger partial charge in [0.15, 0.2) is 0 Å². The molecule has 1 aliphatic heterocycles. The molecule has 0 spiro atoms. The molecule has 1 aliphatic rings. The molecule has 1 fully saturated rings. The van der Waals surface area contributed by atoms with Crippen LogP contribution >= 0.6 is 0 Å². The first kappa shape index (κ1) is 14.1. The minimum Gasteiger partial charge on any atom is -0.380 e. The van der Waals surface area contributed by atoms with Crippen molar-refractivity contribution in [1.82, 2.24) is 5.32 Å². The monoisotopic (exact) mass is 247 g/mol. The minimum atomic E-state index is -0.800. The molecule has 0 aromatic rings. The molecular formula is C12H25NO2S. The highest BCUT2D eigenvalue weighted by molar-refractivity contribution is 7.86. The first-order valence-corrected chi connectivity index (χ1v) is 7.56. The molecule has 0 aliphatic carbocycles. The van der Waals surface area contributed by atoms with Gasteiger partial charge in [-0.1, -0.05) is 27.7 Å². The highest BCUT2D eigenvalue weighted by Gasteiger charge is 2.33. The smallest absolute Gasteiger partial charge is 0.0738 e. The molecule has 4 heteroatoms. The average molecular weight is 247 g/mol. The summed E-state index contributed by atoms with van der Waals surface area (Å²) in [5, 5.41) is 3.84. The molecule has 4 atom stereocenters. The van der Waals surface area contributed by atoms with Crippen LogP contribution in [0.25, 0.3) is 0 Å². The van der Waals surface area contributed by atoms with Gasteiger partial charge >= 0.3 is 0 Å². The van der Waals surface area contributed by atoms with E-state index in [9.17, 15) is 4.21 Å². The number of hydrogen-bond donors (Lipinski definition) is 1. The molecule has 1 heterocycles. The molecule has 3 nitrogen and oxygen atoms in total. The van der Waals surface area contributed by atoms with Gasteiger partial charge in [0, 0.05) is 28.7 Å². The zero-order valence-corrected chi connectivity index (χ0v) is 11.7. The maximum absolute atomic E-state index is 12.4. The zero-order valence-electron chi connectivity index (χ0n) is 10.9. The molecule has 0 aromatic carbocycles. The second-order valence-electron chi connectivity index (χ2n) is 4.84. The van der Waals surface area contributed by atoms with E-state index in [-0.39, 0.29) is 10.5 Å². The molecule has 96 valence electrons. The van der Waals surface area contributed by atoms with Crippen LogP contribution in [0.15, 0.2) is 0 Å². The number of rotatable bonds is 5. The Bertz CT molecular complexity index is 231. The molecule has 1 saturated heterocycles. The molecular weight excluding hydrogens is 222 g/mol. The molecule has 0 amide bonds. The third kappa shape index (κ3) is 3.54. The second-order valence-corrected chi connectivity index (χ2v) is 6.85. The van der Waals surface area contributed by atoms with Gasteiger partial charge in [-0.05, 0) is 18.9 Å². The van der Waals surface area contributed by atoms with E-state index in [0.29, 0.717) is 18.6 Å². The fourth-order valence-corrected chi connectivity index (χ4v) is 3.85. The van der Waals surface area contributed by atoms with Gasteiger partial charge in [-0.2, -0.15) is 0 Å². The third-order valence-corrected chi connectivity index (χ3v) is 5.71. The predicted molar refractivity (Wildman–Crippen MR) is 69.1 cm³/mol. The van der Waals surface area contributed by atoms with Crippen LogP contribution in [-0.2, 0) is 15.5 Å². The molecule has 16 heavy (non-hydrogen) atoms. The van der Waals surface area contributed by atoms with Crippen LogP contribution in [0.1, 0.15) is 34.1 Å². The number of ether oxygens (including phenoxy) is 1. The minimum absolute atomic E-state index is 0.158. The summed E-state index contributed by atoms with van der Waals surface area (Å²) in [5.41, 5.74) is 0. The van der Waals surface area contributed by atoms with Crippen molar-refractivity contribution in [3.63, 3.8) is 0 Å². The quantitative estimate of drug-likeness (QED) is 0.801. The summed E-state index contributed by atoms with van der Waals surface area (Å²) in [7, 11) is -0.800. The Morgan fingerprint density at radius 3 is 2.69 bits per heavy atom. The van der Waals surface area contributed by atoms with E-state index in [1.165, 1.54) is 0 Å². The van der Waals surface area contributed by atoms with Crippen molar-refractivity contribution in [3.8, 4) is 0 Å². The largest absolute Gasteiger partial charge is 0.380 e. The first-order valence-electron chi connectivity index (χ1n) is 6.28. The molecule has 0 aromatic heterocycles. The Morgan fingerprint density at radius 1 is 1.44 bits per heavy atom. The first-order chi connectivity index (χ1) is 7.57. The fraction of sp³-hybridized carbons (Fsp3) is 1.00. The normalized spacial score (nSPS) is 30.3. The lowest BCUT2D eigenvalue weighted by molar-refractivity contribution is 0.0822. The van der Waals surface area contributed by atoms with Crippen LogP contribution in [0, 0.1) is 5.92 Å². The Balaban J connectivity index is 2.63. The van der Waals surface area contributed by atoms with Crippen LogP contribution < -0.4 is 5.32 Å². The van der Waals surface area contributed by atoms with Crippen LogP contribution in [0.2, 0.25) is 0 Å². The molecule has 1 rings (SSSR count). The number of nitrogens with one attached hydrogen (secondary N) is 1. The summed E-state index contributed by atoms with van der Waals surface area (Å²) in [5.74, 6) is 0.463. The standard InChI is InChI=1S/C12H25NO2S/c1-5-13-11-6-7-15-8-12(11)16(14)10(4)9(2)3/h9-13H,5-8H2,1-4H3. The van der Waals surface area contributed by atoms with Crippen LogP contribution in [0.5, 0.6) is 0 Å². The van der Waals surface area contributed by atoms with Crippen molar-refractivity contribution in [2.45, 2.75) is 50.7 Å². The van der Waals surface area contributed by atoms with Gasteiger partial charge in [0.2, 0.25) is 0 Å². The summed E-state index contributed by atoms with van der Waals surface area (Å²) in [6, 6.07) is 0.362. The van der Waals surface area contributed by atoms with E-state index in [1.807, 2.05) is 0 Å². The van der Waals surface area contributed by atoms with E-state index in [4.69, 9.17) is 4.74 Å². The van der Waals surface area contributed by atoms with E-state index in [2.05, 4.69) is 33.0 Å². The van der Waals surface area contributed by atoms with Gasteiger partial charge in [0.25, 0.3) is 0 Å². The van der Waals surface area contributed by atoms with E-state index >= 15 is 0 Å². The summed E-state index contributed by atoms with van der Waals surface area (Å²) in [4.78, 5) is 0. The van der Waals surface area contributed by atoms with Crippen LogP contribution in [-0.4, -0.2) is 40.5 Å². The zero-order chi connectivity index (χ0) is 12.1. The maximum atomic E-state index is 12.4. The Kier molecular flexibility index (Phi) is 5.94. The van der Waals surface area contributed by atoms with Gasteiger partial charge in [0.1, 0.15) is 0 Å². The van der Waals surface area contributed by atoms with Gasteiger partial charge in [-0.15, -0.1) is 0 Å². The maximum Gasteiger partial charge on any atom is 0.0738 e. The summed E-state index contributed by atoms with van der Waals surface area (Å²) >= 11 is 0. The van der Waals surface area contributed by atoms with Crippen molar-refractivity contribution in [3.05, 3.63) is 0 Å². The second kappa shape index (κ2) is 6.72. The molecule has 4 unspecified atom stereocenters. The van der Waals surface area contributed by atoms with Gasteiger partial charge in [0.05, 0.1) is 11.9 Å². The number of hydrogen-bond acceptors (Lipinski definition) is 3. The Labute approximate surface area is 102 Å². The summed E-state index contributed by atoms with van der Waals surface area (Å²) in [6.07, 6.45) is 0.981. The van der Waals surface area contributed by atoms with E-state index in [1.54, 1.807) is 0 Å². The van der Waals surface area contributed by atoms with Crippen molar-refractivity contribution in [2.24, 2.45) is 5.92 Å². The lowest BCUT2D eigenvalue weighted by Gasteiger charge is -2.33. The molecule has 1 N–H and O–H groups in total. The highest BCUT2D eigenvalue weighted by Crippen LogP contribution is 2.20. The van der Waals surface area contributed by atoms with E-state index in [0.717, 1.165) is 19.6 Å². The van der Waals surface area contributed by atoms with Crippen LogP contribution in [0.3, 0.4) is 0 Å². The lowest BCUT2D eigenvalue weighted by Crippen LogP contribution is -2.50. The lowest BCUT2D eigenvalue weighted by atomic mass is 10.1. The molecule has 0 saturated carbocycles. The Morgan fingerprint density at radius 2 is 2.12 bits per heavy atom. The topological polar surface area (TPSA) is 38.3 Å². The molecule has 0 bridgehead atoms. The van der Waals surface area contributed by atoms with Crippen LogP contribution in [0.4, 0.5) is 0 Å². The van der Waals surface area contributed by atoms with Crippen molar-refractivity contribution in [1.29, 1.82) is 0 Å². The third-order valence-electron chi connectivity index (χ3n) is 3.37.